The van der Waals surface area contributed by atoms with E-state index >= 15 is 0 Å². The number of nitrogens with two attached hydrogens (primary N) is 1. The van der Waals surface area contributed by atoms with Crippen LogP contribution in [0.2, 0.25) is 0 Å². The van der Waals surface area contributed by atoms with Crippen LogP contribution in [0, 0.1) is 5.82 Å². The van der Waals surface area contributed by atoms with Gasteiger partial charge in [-0.05, 0) is 18.2 Å². The van der Waals surface area contributed by atoms with Gasteiger partial charge in [0.2, 0.25) is 0 Å². The van der Waals surface area contributed by atoms with Crippen LogP contribution in [-0.4, -0.2) is 21.4 Å². The van der Waals surface area contributed by atoms with E-state index in [0.29, 0.717) is 11.3 Å². The first-order valence-electron chi connectivity index (χ1n) is 4.89. The third-order valence-electron chi connectivity index (χ3n) is 2.28. The number of nitrogens with zero attached hydrogens (tertiary/aromatic N) is 2. The lowest BCUT2D eigenvalue weighted by molar-refractivity contribution is 0.186. The minimum atomic E-state index is -0.734. The molecule has 0 saturated heterocycles. The van der Waals surface area contributed by atoms with Gasteiger partial charge in [0, 0.05) is 18.3 Å². The van der Waals surface area contributed by atoms with Crippen molar-refractivity contribution in [3.8, 4) is 5.69 Å². The highest BCUT2D eigenvalue weighted by atomic mass is 19.1. The molecular formula is C11H12FN3O. The maximum Gasteiger partial charge on any atom is 0.125 e. The van der Waals surface area contributed by atoms with Crippen molar-refractivity contribution >= 4 is 0 Å². The lowest BCUT2D eigenvalue weighted by Crippen LogP contribution is -2.10. The average Bonchev–Trinajstić information content (AvgIpc) is 2.77. The summed E-state index contributed by atoms with van der Waals surface area (Å²) in [5.74, 6) is -0.325. The molecule has 84 valence electrons. The maximum atomic E-state index is 13.0. The van der Waals surface area contributed by atoms with Crippen LogP contribution in [0.5, 0.6) is 0 Å². The summed E-state index contributed by atoms with van der Waals surface area (Å²) < 4.78 is 14.5. The van der Waals surface area contributed by atoms with Crippen LogP contribution in [0.15, 0.2) is 36.7 Å². The third kappa shape index (κ3) is 2.10. The number of hydrogen-bond donors (Lipinski definition) is 2. The standard InChI is InChI=1S/C11H12FN3O/c12-9-2-1-3-10(4-9)15-7-8(6-14-15)11(16)5-13/h1-4,6-7,11,16H,5,13H2. The molecule has 0 fully saturated rings. The number of aliphatic hydroxyl groups excluding tert-OH is 1. The number of rotatable bonds is 3. The summed E-state index contributed by atoms with van der Waals surface area (Å²) in [6.07, 6.45) is 2.41. The molecule has 1 atom stereocenters. The van der Waals surface area contributed by atoms with Crippen molar-refractivity contribution in [2.75, 3.05) is 6.54 Å². The zero-order chi connectivity index (χ0) is 11.5. The first-order valence-corrected chi connectivity index (χ1v) is 4.89. The monoisotopic (exact) mass is 221 g/mol. The van der Waals surface area contributed by atoms with Gasteiger partial charge in [0.1, 0.15) is 5.82 Å². The summed E-state index contributed by atoms with van der Waals surface area (Å²) in [6, 6.07) is 6.06. The van der Waals surface area contributed by atoms with E-state index in [1.807, 2.05) is 0 Å². The zero-order valence-electron chi connectivity index (χ0n) is 8.55. The zero-order valence-corrected chi connectivity index (χ0v) is 8.55. The van der Waals surface area contributed by atoms with Gasteiger partial charge in [-0.25, -0.2) is 9.07 Å². The van der Waals surface area contributed by atoms with Gasteiger partial charge < -0.3 is 10.8 Å². The van der Waals surface area contributed by atoms with Crippen molar-refractivity contribution in [1.82, 2.24) is 9.78 Å². The Morgan fingerprint density at radius 3 is 3.00 bits per heavy atom. The van der Waals surface area contributed by atoms with E-state index in [4.69, 9.17) is 5.73 Å². The molecule has 0 aliphatic heterocycles. The van der Waals surface area contributed by atoms with Gasteiger partial charge in [0.05, 0.1) is 18.0 Å². The number of benzene rings is 1. The highest BCUT2D eigenvalue weighted by molar-refractivity contribution is 5.32. The Kier molecular flexibility index (Phi) is 2.98. The van der Waals surface area contributed by atoms with Crippen LogP contribution in [0.25, 0.3) is 5.69 Å². The normalized spacial score (nSPS) is 12.7. The second-order valence-corrected chi connectivity index (χ2v) is 3.45. The molecule has 2 aromatic rings. The fourth-order valence-corrected chi connectivity index (χ4v) is 1.40. The fraction of sp³-hybridized carbons (Fsp3) is 0.182. The number of aliphatic hydroxyl groups is 1. The predicted octanol–water partition coefficient (Wildman–Crippen LogP) is 1.00. The molecule has 0 aliphatic carbocycles. The van der Waals surface area contributed by atoms with E-state index in [0.717, 1.165) is 0 Å². The molecule has 0 spiro atoms. The minimum Gasteiger partial charge on any atom is -0.387 e. The minimum absolute atomic E-state index is 0.134. The first-order chi connectivity index (χ1) is 7.70. The van der Waals surface area contributed by atoms with Gasteiger partial charge in [-0.1, -0.05) is 6.07 Å². The molecular weight excluding hydrogens is 209 g/mol. The van der Waals surface area contributed by atoms with Gasteiger partial charge in [0.25, 0.3) is 0 Å². The second kappa shape index (κ2) is 4.42. The van der Waals surface area contributed by atoms with Crippen LogP contribution < -0.4 is 5.73 Å². The first kappa shape index (κ1) is 10.8. The van der Waals surface area contributed by atoms with Gasteiger partial charge in [-0.15, -0.1) is 0 Å². The third-order valence-corrected chi connectivity index (χ3v) is 2.28. The van der Waals surface area contributed by atoms with E-state index in [1.54, 1.807) is 18.3 Å². The molecule has 2 rings (SSSR count). The van der Waals surface area contributed by atoms with Crippen LogP contribution in [0.3, 0.4) is 0 Å². The highest BCUT2D eigenvalue weighted by Crippen LogP contribution is 2.14. The van der Waals surface area contributed by atoms with E-state index in [2.05, 4.69) is 5.10 Å². The van der Waals surface area contributed by atoms with Crippen molar-refractivity contribution in [2.24, 2.45) is 5.73 Å². The molecule has 0 saturated carbocycles. The van der Waals surface area contributed by atoms with E-state index in [9.17, 15) is 9.50 Å². The molecule has 0 aliphatic rings. The lowest BCUT2D eigenvalue weighted by Gasteiger charge is -2.03. The van der Waals surface area contributed by atoms with Crippen molar-refractivity contribution < 1.29 is 9.50 Å². The summed E-state index contributed by atoms with van der Waals surface area (Å²) in [5, 5.41) is 13.5. The Labute approximate surface area is 92.1 Å². The van der Waals surface area contributed by atoms with Crippen molar-refractivity contribution in [1.29, 1.82) is 0 Å². The van der Waals surface area contributed by atoms with E-state index in [1.165, 1.54) is 23.0 Å². The van der Waals surface area contributed by atoms with Gasteiger partial charge in [-0.3, -0.25) is 0 Å². The number of hydrogen-bond acceptors (Lipinski definition) is 3. The Hall–Kier alpha value is -1.72. The molecule has 0 bridgehead atoms. The Bertz CT molecular complexity index is 484. The summed E-state index contributed by atoms with van der Waals surface area (Å²) in [4.78, 5) is 0. The van der Waals surface area contributed by atoms with E-state index in [-0.39, 0.29) is 12.4 Å². The van der Waals surface area contributed by atoms with Crippen molar-refractivity contribution in [2.45, 2.75) is 6.10 Å². The van der Waals surface area contributed by atoms with E-state index < -0.39 is 6.10 Å². The lowest BCUT2D eigenvalue weighted by atomic mass is 10.2. The largest absolute Gasteiger partial charge is 0.387 e. The van der Waals surface area contributed by atoms with Crippen LogP contribution in [0.4, 0.5) is 4.39 Å². The summed E-state index contributed by atoms with van der Waals surface area (Å²) >= 11 is 0. The maximum absolute atomic E-state index is 13.0. The molecule has 3 N–H and O–H groups in total. The predicted molar refractivity (Wildman–Crippen MR) is 57.5 cm³/mol. The van der Waals surface area contributed by atoms with Gasteiger partial charge >= 0.3 is 0 Å². The van der Waals surface area contributed by atoms with Crippen LogP contribution in [0.1, 0.15) is 11.7 Å². The molecule has 0 radical (unpaired) electrons. The molecule has 4 nitrogen and oxygen atoms in total. The molecule has 1 aromatic carbocycles. The summed E-state index contributed by atoms with van der Waals surface area (Å²) in [5.41, 5.74) is 6.55. The molecule has 5 heteroatoms. The van der Waals surface area contributed by atoms with Crippen LogP contribution >= 0.6 is 0 Å². The van der Waals surface area contributed by atoms with Crippen molar-refractivity contribution in [3.63, 3.8) is 0 Å². The van der Waals surface area contributed by atoms with Crippen molar-refractivity contribution in [3.05, 3.63) is 48.0 Å². The topological polar surface area (TPSA) is 64.1 Å². The SMILES string of the molecule is NCC(O)c1cnn(-c2cccc(F)c2)c1. The Morgan fingerprint density at radius 1 is 1.50 bits per heavy atom. The number of halogens is 1. The molecule has 16 heavy (non-hydrogen) atoms. The molecule has 1 aromatic heterocycles. The van der Waals surface area contributed by atoms with Crippen LogP contribution in [-0.2, 0) is 0 Å². The van der Waals surface area contributed by atoms with Gasteiger partial charge in [0.15, 0.2) is 0 Å². The molecule has 1 unspecified atom stereocenters. The summed E-state index contributed by atoms with van der Waals surface area (Å²) in [6.45, 7) is 0.134. The highest BCUT2D eigenvalue weighted by Gasteiger charge is 2.08. The molecule has 0 amide bonds. The second-order valence-electron chi connectivity index (χ2n) is 3.45. The quantitative estimate of drug-likeness (QED) is 0.812. The Balaban J connectivity index is 2.31. The number of aromatic nitrogens is 2. The summed E-state index contributed by atoms with van der Waals surface area (Å²) in [7, 11) is 0. The molecule has 1 heterocycles. The fourth-order valence-electron chi connectivity index (χ4n) is 1.40. The van der Waals surface area contributed by atoms with Gasteiger partial charge in [-0.2, -0.15) is 5.10 Å². The Morgan fingerprint density at radius 2 is 2.31 bits per heavy atom. The smallest absolute Gasteiger partial charge is 0.125 e. The average molecular weight is 221 g/mol.